The standard InChI is InChI=1S/C23H22ClN3O2/c1-14-18(15(2)29-27-14)11-23(28)26-13-19(16-7-3-5-9-21(16)24)20-12-25-22-10-6-4-8-17(20)22/h3-10,12,19,25H,11,13H2,1-2H3,(H,26,28)/t19-/m1/s1. The molecule has 4 rings (SSSR count). The zero-order valence-corrected chi connectivity index (χ0v) is 17.1. The predicted molar refractivity (Wildman–Crippen MR) is 114 cm³/mol. The monoisotopic (exact) mass is 407 g/mol. The number of aryl methyl sites for hydroxylation is 2. The van der Waals surface area contributed by atoms with Crippen LogP contribution >= 0.6 is 11.6 Å². The van der Waals surface area contributed by atoms with E-state index in [9.17, 15) is 4.79 Å². The van der Waals surface area contributed by atoms with Gasteiger partial charge in [-0.3, -0.25) is 4.79 Å². The number of halogens is 1. The molecule has 2 N–H and O–H groups in total. The van der Waals surface area contributed by atoms with Crippen molar-refractivity contribution >= 4 is 28.4 Å². The lowest BCUT2D eigenvalue weighted by molar-refractivity contribution is -0.120. The van der Waals surface area contributed by atoms with Gasteiger partial charge in [-0.1, -0.05) is 53.2 Å². The van der Waals surface area contributed by atoms with Gasteiger partial charge in [-0.25, -0.2) is 0 Å². The quantitative estimate of drug-likeness (QED) is 0.476. The number of hydrogen-bond acceptors (Lipinski definition) is 3. The summed E-state index contributed by atoms with van der Waals surface area (Å²) in [5.41, 5.74) is 4.73. The van der Waals surface area contributed by atoms with Gasteiger partial charge in [0, 0.05) is 40.1 Å². The minimum atomic E-state index is -0.0755. The van der Waals surface area contributed by atoms with Crippen molar-refractivity contribution in [1.82, 2.24) is 15.5 Å². The third-order valence-electron chi connectivity index (χ3n) is 5.30. The SMILES string of the molecule is Cc1noc(C)c1CC(=O)NC[C@H](c1ccccc1Cl)c1c[nH]c2ccccc12. The molecule has 0 aliphatic heterocycles. The summed E-state index contributed by atoms with van der Waals surface area (Å²) >= 11 is 6.52. The zero-order valence-electron chi connectivity index (χ0n) is 16.3. The van der Waals surface area contributed by atoms with Gasteiger partial charge in [0.15, 0.2) is 0 Å². The zero-order chi connectivity index (χ0) is 20.4. The Morgan fingerprint density at radius 3 is 2.66 bits per heavy atom. The van der Waals surface area contributed by atoms with E-state index in [0.29, 0.717) is 17.3 Å². The van der Waals surface area contributed by atoms with Crippen molar-refractivity contribution in [2.75, 3.05) is 6.54 Å². The van der Waals surface area contributed by atoms with Crippen LogP contribution in [0.1, 0.15) is 34.1 Å². The van der Waals surface area contributed by atoms with E-state index in [1.54, 1.807) is 0 Å². The van der Waals surface area contributed by atoms with Gasteiger partial charge < -0.3 is 14.8 Å². The van der Waals surface area contributed by atoms with Crippen molar-refractivity contribution in [3.63, 3.8) is 0 Å². The maximum atomic E-state index is 12.6. The number of aromatic nitrogens is 2. The summed E-state index contributed by atoms with van der Waals surface area (Å²) in [6, 6.07) is 15.9. The number of para-hydroxylation sites is 1. The topological polar surface area (TPSA) is 70.9 Å². The third-order valence-corrected chi connectivity index (χ3v) is 5.64. The number of aromatic amines is 1. The average molecular weight is 408 g/mol. The average Bonchev–Trinajstić information content (AvgIpc) is 3.28. The van der Waals surface area contributed by atoms with Gasteiger partial charge in [-0.2, -0.15) is 0 Å². The highest BCUT2D eigenvalue weighted by atomic mass is 35.5. The van der Waals surface area contributed by atoms with Gasteiger partial charge in [-0.15, -0.1) is 0 Å². The lowest BCUT2D eigenvalue weighted by atomic mass is 9.90. The first-order valence-corrected chi connectivity index (χ1v) is 9.91. The molecule has 148 valence electrons. The summed E-state index contributed by atoms with van der Waals surface area (Å²) in [7, 11) is 0. The van der Waals surface area contributed by atoms with E-state index >= 15 is 0 Å². The fraction of sp³-hybridized carbons (Fsp3) is 0.217. The molecule has 6 heteroatoms. The normalized spacial score (nSPS) is 12.2. The molecule has 0 fully saturated rings. The first kappa shape index (κ1) is 19.3. The highest BCUT2D eigenvalue weighted by Crippen LogP contribution is 2.34. The molecule has 2 aromatic carbocycles. The van der Waals surface area contributed by atoms with Crippen LogP contribution in [-0.4, -0.2) is 22.6 Å². The molecule has 4 aromatic rings. The number of benzene rings is 2. The van der Waals surface area contributed by atoms with Crippen LogP contribution in [0, 0.1) is 13.8 Å². The van der Waals surface area contributed by atoms with Crippen LogP contribution in [0.3, 0.4) is 0 Å². The largest absolute Gasteiger partial charge is 0.361 e. The van der Waals surface area contributed by atoms with Crippen LogP contribution < -0.4 is 5.32 Å². The second-order valence-corrected chi connectivity index (χ2v) is 7.55. The Kier molecular flexibility index (Phi) is 5.41. The minimum absolute atomic E-state index is 0.0729. The Morgan fingerprint density at radius 1 is 1.14 bits per heavy atom. The van der Waals surface area contributed by atoms with E-state index in [1.165, 1.54) is 0 Å². The lowest BCUT2D eigenvalue weighted by Crippen LogP contribution is -2.30. The minimum Gasteiger partial charge on any atom is -0.361 e. The number of nitrogens with zero attached hydrogens (tertiary/aromatic N) is 1. The van der Waals surface area contributed by atoms with Crippen LogP contribution in [0.2, 0.25) is 5.02 Å². The lowest BCUT2D eigenvalue weighted by Gasteiger charge is -2.19. The number of amides is 1. The molecule has 1 amide bonds. The first-order chi connectivity index (χ1) is 14.0. The summed E-state index contributed by atoms with van der Waals surface area (Å²) in [4.78, 5) is 16.0. The van der Waals surface area contributed by atoms with Crippen molar-refractivity contribution in [2.45, 2.75) is 26.2 Å². The highest BCUT2D eigenvalue weighted by molar-refractivity contribution is 6.31. The second-order valence-electron chi connectivity index (χ2n) is 7.15. The van der Waals surface area contributed by atoms with Crippen LogP contribution in [0.4, 0.5) is 0 Å². The fourth-order valence-electron chi connectivity index (χ4n) is 3.72. The van der Waals surface area contributed by atoms with Gasteiger partial charge in [0.2, 0.25) is 5.91 Å². The van der Waals surface area contributed by atoms with E-state index in [1.807, 2.05) is 62.5 Å². The molecular formula is C23H22ClN3O2. The van der Waals surface area contributed by atoms with Gasteiger partial charge in [0.05, 0.1) is 12.1 Å². The van der Waals surface area contributed by atoms with Crippen molar-refractivity contribution in [2.24, 2.45) is 0 Å². The Bertz CT molecular complexity index is 1140. The number of nitrogens with one attached hydrogen (secondary N) is 2. The van der Waals surface area contributed by atoms with E-state index in [4.69, 9.17) is 16.1 Å². The number of carbonyl (C=O) groups excluding carboxylic acids is 1. The number of rotatable bonds is 6. The molecule has 2 heterocycles. The van der Waals surface area contributed by atoms with Crippen LogP contribution in [0.25, 0.3) is 10.9 Å². The molecular weight excluding hydrogens is 386 g/mol. The molecule has 5 nitrogen and oxygen atoms in total. The molecule has 0 radical (unpaired) electrons. The van der Waals surface area contributed by atoms with Gasteiger partial charge in [0.1, 0.15) is 5.76 Å². The highest BCUT2D eigenvalue weighted by Gasteiger charge is 2.22. The summed E-state index contributed by atoms with van der Waals surface area (Å²) in [6.07, 6.45) is 2.24. The Hall–Kier alpha value is -3.05. The Morgan fingerprint density at radius 2 is 1.90 bits per heavy atom. The number of carbonyl (C=O) groups is 1. The molecule has 0 unspecified atom stereocenters. The predicted octanol–water partition coefficient (Wildman–Crippen LogP) is 4.92. The van der Waals surface area contributed by atoms with E-state index in [-0.39, 0.29) is 18.2 Å². The van der Waals surface area contributed by atoms with Crippen molar-refractivity contribution in [3.8, 4) is 0 Å². The smallest absolute Gasteiger partial charge is 0.224 e. The van der Waals surface area contributed by atoms with Crippen molar-refractivity contribution in [1.29, 1.82) is 0 Å². The fourth-order valence-corrected chi connectivity index (χ4v) is 3.99. The molecule has 0 saturated heterocycles. The number of fused-ring (bicyclic) bond motifs is 1. The summed E-state index contributed by atoms with van der Waals surface area (Å²) in [5.74, 6) is 0.529. The summed E-state index contributed by atoms with van der Waals surface area (Å²) in [5, 5.41) is 8.80. The molecule has 2 aromatic heterocycles. The van der Waals surface area contributed by atoms with Gasteiger partial charge in [0.25, 0.3) is 0 Å². The third kappa shape index (κ3) is 3.91. The van der Waals surface area contributed by atoms with Crippen LogP contribution in [-0.2, 0) is 11.2 Å². The molecule has 29 heavy (non-hydrogen) atoms. The summed E-state index contributed by atoms with van der Waals surface area (Å²) in [6.45, 7) is 4.10. The van der Waals surface area contributed by atoms with Crippen LogP contribution in [0.15, 0.2) is 59.3 Å². The molecule has 0 bridgehead atoms. The summed E-state index contributed by atoms with van der Waals surface area (Å²) < 4.78 is 5.16. The molecule has 0 saturated carbocycles. The maximum absolute atomic E-state index is 12.6. The number of hydrogen-bond donors (Lipinski definition) is 2. The number of H-pyrrole nitrogens is 1. The Balaban J connectivity index is 1.61. The molecule has 0 aliphatic carbocycles. The molecule has 1 atom stereocenters. The Labute approximate surface area is 174 Å². The maximum Gasteiger partial charge on any atom is 0.224 e. The van der Waals surface area contributed by atoms with E-state index in [0.717, 1.165) is 33.3 Å². The van der Waals surface area contributed by atoms with E-state index < -0.39 is 0 Å². The van der Waals surface area contributed by atoms with Gasteiger partial charge in [-0.05, 0) is 37.1 Å². The molecule has 0 aliphatic rings. The van der Waals surface area contributed by atoms with Crippen molar-refractivity contribution < 1.29 is 9.32 Å². The first-order valence-electron chi connectivity index (χ1n) is 9.53. The van der Waals surface area contributed by atoms with Crippen molar-refractivity contribution in [3.05, 3.63) is 87.9 Å². The van der Waals surface area contributed by atoms with Crippen LogP contribution in [0.5, 0.6) is 0 Å². The molecule has 0 spiro atoms. The second kappa shape index (κ2) is 8.13. The van der Waals surface area contributed by atoms with E-state index in [2.05, 4.69) is 21.5 Å². The van der Waals surface area contributed by atoms with Gasteiger partial charge >= 0.3 is 0 Å².